The van der Waals surface area contributed by atoms with Gasteiger partial charge in [0.25, 0.3) is 0 Å². The third-order valence-electron chi connectivity index (χ3n) is 2.55. The van der Waals surface area contributed by atoms with Crippen LogP contribution in [0.3, 0.4) is 0 Å². The maximum atomic E-state index is 11.7. The van der Waals surface area contributed by atoms with Gasteiger partial charge in [-0.1, -0.05) is 38.1 Å². The Labute approximate surface area is 102 Å². The zero-order chi connectivity index (χ0) is 12.3. The van der Waals surface area contributed by atoms with Gasteiger partial charge in [0.05, 0.1) is 0 Å². The van der Waals surface area contributed by atoms with Crippen molar-refractivity contribution in [2.45, 2.75) is 25.1 Å². The molecule has 0 N–H and O–H groups in total. The number of carbonyl (C=O) groups excluding carboxylic acids is 1. The molecule has 1 aromatic carbocycles. The highest BCUT2D eigenvalue weighted by molar-refractivity contribution is 6.30. The van der Waals surface area contributed by atoms with Crippen LogP contribution in [0.2, 0.25) is 0 Å². The molecule has 0 radical (unpaired) electrons. The van der Waals surface area contributed by atoms with Crippen molar-refractivity contribution in [1.29, 1.82) is 0 Å². The molecule has 88 valence electrons. The van der Waals surface area contributed by atoms with Crippen LogP contribution in [0.25, 0.3) is 0 Å². The van der Waals surface area contributed by atoms with Gasteiger partial charge < -0.3 is 4.90 Å². The maximum absolute atomic E-state index is 11.7. The molecule has 0 heterocycles. The van der Waals surface area contributed by atoms with E-state index in [9.17, 15) is 4.79 Å². The van der Waals surface area contributed by atoms with E-state index in [1.165, 1.54) is 10.5 Å². The van der Waals surface area contributed by atoms with Crippen molar-refractivity contribution in [3.63, 3.8) is 0 Å². The Kier molecular flexibility index (Phi) is 4.36. The van der Waals surface area contributed by atoms with E-state index in [-0.39, 0.29) is 5.91 Å². The summed E-state index contributed by atoms with van der Waals surface area (Å²) < 4.78 is 0. The molecule has 0 aromatic heterocycles. The second-order valence-electron chi connectivity index (χ2n) is 4.42. The Morgan fingerprint density at radius 2 is 1.56 bits per heavy atom. The summed E-state index contributed by atoms with van der Waals surface area (Å²) in [6.45, 7) is 4.27. The molecule has 1 atom stereocenters. The summed E-state index contributed by atoms with van der Waals surface area (Å²) in [5.41, 5.74) is 2.11. The van der Waals surface area contributed by atoms with Gasteiger partial charge in [0.15, 0.2) is 0 Å². The predicted octanol–water partition coefficient (Wildman–Crippen LogP) is 3.18. The van der Waals surface area contributed by atoms with Crippen molar-refractivity contribution in [1.82, 2.24) is 4.90 Å². The minimum absolute atomic E-state index is 0.0843. The number of carbonyl (C=O) groups is 1. The fourth-order valence-electron chi connectivity index (χ4n) is 1.42. The van der Waals surface area contributed by atoms with Gasteiger partial charge in [0.1, 0.15) is 5.38 Å². The van der Waals surface area contributed by atoms with E-state index in [2.05, 4.69) is 13.8 Å². The van der Waals surface area contributed by atoms with Crippen molar-refractivity contribution in [3.05, 3.63) is 35.4 Å². The zero-order valence-electron chi connectivity index (χ0n) is 10.2. The first kappa shape index (κ1) is 13.0. The van der Waals surface area contributed by atoms with Crippen molar-refractivity contribution >= 4 is 17.5 Å². The molecule has 1 amide bonds. The van der Waals surface area contributed by atoms with Crippen LogP contribution in [0.1, 0.15) is 36.3 Å². The van der Waals surface area contributed by atoms with Gasteiger partial charge in [-0.15, -0.1) is 11.6 Å². The Balaban J connectivity index is 2.85. The fourth-order valence-corrected chi connectivity index (χ4v) is 1.76. The minimum Gasteiger partial charge on any atom is -0.347 e. The summed E-state index contributed by atoms with van der Waals surface area (Å²) in [6, 6.07) is 7.90. The molecule has 0 aliphatic heterocycles. The molecule has 1 unspecified atom stereocenters. The molecule has 0 aliphatic carbocycles. The highest BCUT2D eigenvalue weighted by Crippen LogP contribution is 2.24. The van der Waals surface area contributed by atoms with Crippen molar-refractivity contribution in [2.75, 3.05) is 14.1 Å². The summed E-state index contributed by atoms with van der Waals surface area (Å²) in [5.74, 6) is 0.409. The van der Waals surface area contributed by atoms with Crippen LogP contribution in [0, 0.1) is 0 Å². The summed E-state index contributed by atoms with van der Waals surface area (Å²) in [7, 11) is 3.42. The van der Waals surface area contributed by atoms with Gasteiger partial charge in [0, 0.05) is 14.1 Å². The molecule has 0 bridgehead atoms. The molecule has 0 saturated heterocycles. The van der Waals surface area contributed by atoms with E-state index in [1.54, 1.807) is 14.1 Å². The molecule has 3 heteroatoms. The smallest absolute Gasteiger partial charge is 0.244 e. The molecule has 0 spiro atoms. The van der Waals surface area contributed by atoms with Crippen LogP contribution in [-0.4, -0.2) is 24.9 Å². The number of alkyl halides is 1. The SMILES string of the molecule is CC(C)c1ccc(C(Cl)C(=O)N(C)C)cc1. The van der Waals surface area contributed by atoms with Crippen LogP contribution in [-0.2, 0) is 4.79 Å². The van der Waals surface area contributed by atoms with Crippen LogP contribution >= 0.6 is 11.6 Å². The Bertz CT molecular complexity index is 357. The third-order valence-corrected chi connectivity index (χ3v) is 2.99. The van der Waals surface area contributed by atoms with Gasteiger partial charge in [-0.05, 0) is 17.0 Å². The first-order chi connectivity index (χ1) is 7.43. The van der Waals surface area contributed by atoms with Crippen molar-refractivity contribution < 1.29 is 4.79 Å². The largest absolute Gasteiger partial charge is 0.347 e. The van der Waals surface area contributed by atoms with E-state index in [4.69, 9.17) is 11.6 Å². The molecule has 1 rings (SSSR count). The monoisotopic (exact) mass is 239 g/mol. The Hall–Kier alpha value is -1.02. The number of likely N-dealkylation sites (N-methyl/N-ethyl adjacent to an activating group) is 1. The van der Waals surface area contributed by atoms with Crippen LogP contribution in [0.15, 0.2) is 24.3 Å². The number of benzene rings is 1. The minimum atomic E-state index is -0.587. The molecule has 2 nitrogen and oxygen atoms in total. The molecule has 0 saturated carbocycles. The van der Waals surface area contributed by atoms with Gasteiger partial charge >= 0.3 is 0 Å². The van der Waals surface area contributed by atoms with E-state index in [1.807, 2.05) is 24.3 Å². The molecular weight excluding hydrogens is 222 g/mol. The number of nitrogens with zero attached hydrogens (tertiary/aromatic N) is 1. The third kappa shape index (κ3) is 2.99. The average Bonchev–Trinajstić information content (AvgIpc) is 2.27. The number of hydrogen-bond acceptors (Lipinski definition) is 1. The van der Waals surface area contributed by atoms with Gasteiger partial charge in [-0.2, -0.15) is 0 Å². The topological polar surface area (TPSA) is 20.3 Å². The molecule has 0 aliphatic rings. The van der Waals surface area contributed by atoms with Crippen LogP contribution in [0.5, 0.6) is 0 Å². The lowest BCUT2D eigenvalue weighted by Crippen LogP contribution is -2.25. The number of rotatable bonds is 3. The lowest BCUT2D eigenvalue weighted by molar-refractivity contribution is -0.128. The molecule has 0 fully saturated rings. The molecule has 1 aromatic rings. The summed E-state index contributed by atoms with van der Waals surface area (Å²) in [5, 5.41) is -0.587. The Morgan fingerprint density at radius 1 is 1.12 bits per heavy atom. The van der Waals surface area contributed by atoms with Gasteiger partial charge in [-0.25, -0.2) is 0 Å². The van der Waals surface area contributed by atoms with Gasteiger partial charge in [0.2, 0.25) is 5.91 Å². The van der Waals surface area contributed by atoms with Crippen molar-refractivity contribution in [2.24, 2.45) is 0 Å². The lowest BCUT2D eigenvalue weighted by Gasteiger charge is -2.16. The number of hydrogen-bond donors (Lipinski definition) is 0. The van der Waals surface area contributed by atoms with Crippen molar-refractivity contribution in [3.8, 4) is 0 Å². The quantitative estimate of drug-likeness (QED) is 0.742. The van der Waals surface area contributed by atoms with E-state index in [0.29, 0.717) is 5.92 Å². The second-order valence-corrected chi connectivity index (χ2v) is 4.85. The van der Waals surface area contributed by atoms with Crippen LogP contribution < -0.4 is 0 Å². The Morgan fingerprint density at radius 3 is 1.94 bits per heavy atom. The van der Waals surface area contributed by atoms with E-state index in [0.717, 1.165) is 5.56 Å². The standard InChI is InChI=1S/C13H18ClNO/c1-9(2)10-5-7-11(8-6-10)12(14)13(16)15(3)4/h5-9,12H,1-4H3. The van der Waals surface area contributed by atoms with E-state index < -0.39 is 5.38 Å². The first-order valence-electron chi connectivity index (χ1n) is 5.38. The summed E-state index contributed by atoms with van der Waals surface area (Å²) in [6.07, 6.45) is 0. The lowest BCUT2D eigenvalue weighted by atomic mass is 10.0. The fraction of sp³-hybridized carbons (Fsp3) is 0.462. The normalized spacial score (nSPS) is 12.6. The molecular formula is C13H18ClNO. The number of amides is 1. The predicted molar refractivity (Wildman–Crippen MR) is 67.8 cm³/mol. The van der Waals surface area contributed by atoms with E-state index >= 15 is 0 Å². The first-order valence-corrected chi connectivity index (χ1v) is 5.82. The average molecular weight is 240 g/mol. The second kappa shape index (κ2) is 5.35. The highest BCUT2D eigenvalue weighted by Gasteiger charge is 2.19. The summed E-state index contributed by atoms with van der Waals surface area (Å²) >= 11 is 6.09. The summed E-state index contributed by atoms with van der Waals surface area (Å²) in [4.78, 5) is 13.2. The highest BCUT2D eigenvalue weighted by atomic mass is 35.5. The van der Waals surface area contributed by atoms with Gasteiger partial charge in [-0.3, -0.25) is 4.79 Å². The van der Waals surface area contributed by atoms with Crippen LogP contribution in [0.4, 0.5) is 0 Å². The molecule has 16 heavy (non-hydrogen) atoms. The maximum Gasteiger partial charge on any atom is 0.244 e. The number of halogens is 1. The zero-order valence-corrected chi connectivity index (χ0v) is 11.0.